The SMILES string of the molecule is O=C(c1c(-c2cncnc2)cc(=O)n2c1CCCC2)N1CCOCC1. The average Bonchev–Trinajstić information content (AvgIpc) is 2.69. The topological polar surface area (TPSA) is 77.3 Å². The monoisotopic (exact) mass is 340 g/mol. The maximum atomic E-state index is 13.3. The maximum absolute atomic E-state index is 13.3. The Morgan fingerprint density at radius 3 is 2.60 bits per heavy atom. The van der Waals surface area contributed by atoms with Gasteiger partial charge in [-0.15, -0.1) is 0 Å². The van der Waals surface area contributed by atoms with Gasteiger partial charge in [-0.2, -0.15) is 0 Å². The number of ether oxygens (including phenoxy) is 1. The van der Waals surface area contributed by atoms with Gasteiger partial charge in [0.2, 0.25) is 0 Å². The Balaban J connectivity index is 1.90. The summed E-state index contributed by atoms with van der Waals surface area (Å²) in [5, 5.41) is 0. The number of nitrogens with zero attached hydrogens (tertiary/aromatic N) is 4. The van der Waals surface area contributed by atoms with Crippen LogP contribution in [0.5, 0.6) is 0 Å². The zero-order valence-corrected chi connectivity index (χ0v) is 14.0. The van der Waals surface area contributed by atoms with Crippen LogP contribution in [0.2, 0.25) is 0 Å². The molecule has 0 bridgehead atoms. The van der Waals surface area contributed by atoms with Crippen LogP contribution >= 0.6 is 0 Å². The van der Waals surface area contributed by atoms with Crippen molar-refractivity contribution in [1.82, 2.24) is 19.4 Å². The van der Waals surface area contributed by atoms with Gasteiger partial charge in [0, 0.05) is 54.9 Å². The largest absolute Gasteiger partial charge is 0.378 e. The van der Waals surface area contributed by atoms with E-state index in [4.69, 9.17) is 4.74 Å². The lowest BCUT2D eigenvalue weighted by Gasteiger charge is -2.30. The molecule has 2 aliphatic heterocycles. The minimum Gasteiger partial charge on any atom is -0.378 e. The van der Waals surface area contributed by atoms with Crippen molar-refractivity contribution in [3.05, 3.63) is 46.4 Å². The smallest absolute Gasteiger partial charge is 0.256 e. The van der Waals surface area contributed by atoms with E-state index in [-0.39, 0.29) is 11.5 Å². The second kappa shape index (κ2) is 6.76. The molecule has 2 aromatic rings. The number of fused-ring (bicyclic) bond motifs is 1. The summed E-state index contributed by atoms with van der Waals surface area (Å²) in [5.74, 6) is -0.0344. The molecule has 0 radical (unpaired) electrons. The van der Waals surface area contributed by atoms with Gasteiger partial charge in [0.05, 0.1) is 18.8 Å². The second-order valence-corrected chi connectivity index (χ2v) is 6.36. The molecule has 25 heavy (non-hydrogen) atoms. The molecule has 1 fully saturated rings. The lowest BCUT2D eigenvalue weighted by atomic mass is 9.95. The lowest BCUT2D eigenvalue weighted by molar-refractivity contribution is 0.0301. The summed E-state index contributed by atoms with van der Waals surface area (Å²) < 4.78 is 7.12. The van der Waals surface area contributed by atoms with E-state index in [0.717, 1.165) is 25.0 Å². The highest BCUT2D eigenvalue weighted by molar-refractivity contribution is 6.02. The Kier molecular flexibility index (Phi) is 4.31. The molecule has 2 aromatic heterocycles. The molecule has 0 aromatic carbocycles. The van der Waals surface area contributed by atoms with Crippen LogP contribution in [0.1, 0.15) is 28.9 Å². The first-order valence-electron chi connectivity index (χ1n) is 8.65. The van der Waals surface area contributed by atoms with Gasteiger partial charge < -0.3 is 14.2 Å². The molecule has 2 aliphatic rings. The van der Waals surface area contributed by atoms with Crippen molar-refractivity contribution >= 4 is 5.91 Å². The first kappa shape index (κ1) is 16.0. The van der Waals surface area contributed by atoms with E-state index >= 15 is 0 Å². The summed E-state index contributed by atoms with van der Waals surface area (Å²) in [7, 11) is 0. The second-order valence-electron chi connectivity index (χ2n) is 6.36. The quantitative estimate of drug-likeness (QED) is 0.818. The van der Waals surface area contributed by atoms with Crippen molar-refractivity contribution in [2.24, 2.45) is 0 Å². The normalized spacial score (nSPS) is 17.2. The summed E-state index contributed by atoms with van der Waals surface area (Å²) in [5.41, 5.74) is 2.73. The highest BCUT2D eigenvalue weighted by atomic mass is 16.5. The number of amides is 1. The molecule has 0 aliphatic carbocycles. The van der Waals surface area contributed by atoms with Crippen molar-refractivity contribution in [1.29, 1.82) is 0 Å². The van der Waals surface area contributed by atoms with Gasteiger partial charge in [-0.1, -0.05) is 0 Å². The third-order valence-corrected chi connectivity index (χ3v) is 4.85. The molecule has 0 unspecified atom stereocenters. The number of rotatable bonds is 2. The first-order chi connectivity index (χ1) is 12.3. The maximum Gasteiger partial charge on any atom is 0.256 e. The van der Waals surface area contributed by atoms with Crippen molar-refractivity contribution in [3.63, 3.8) is 0 Å². The average molecular weight is 340 g/mol. The van der Waals surface area contributed by atoms with Crippen LogP contribution in [0.3, 0.4) is 0 Å². The lowest BCUT2D eigenvalue weighted by Crippen LogP contribution is -2.42. The molecule has 4 heterocycles. The molecule has 7 heteroatoms. The van der Waals surface area contributed by atoms with E-state index in [9.17, 15) is 9.59 Å². The van der Waals surface area contributed by atoms with Crippen LogP contribution in [0.15, 0.2) is 29.6 Å². The van der Waals surface area contributed by atoms with E-state index in [1.807, 2.05) is 4.90 Å². The van der Waals surface area contributed by atoms with Crippen LogP contribution in [0.25, 0.3) is 11.1 Å². The van der Waals surface area contributed by atoms with Crippen molar-refractivity contribution < 1.29 is 9.53 Å². The molecule has 0 saturated carbocycles. The van der Waals surface area contributed by atoms with Crippen LogP contribution in [-0.2, 0) is 17.7 Å². The van der Waals surface area contributed by atoms with Crippen molar-refractivity contribution in [2.45, 2.75) is 25.8 Å². The molecule has 0 atom stereocenters. The number of carbonyl (C=O) groups excluding carboxylic acids is 1. The predicted octanol–water partition coefficient (Wildman–Crippen LogP) is 1.11. The van der Waals surface area contributed by atoms with Gasteiger partial charge in [0.25, 0.3) is 11.5 Å². The zero-order chi connectivity index (χ0) is 17.2. The fourth-order valence-electron chi connectivity index (χ4n) is 3.59. The van der Waals surface area contributed by atoms with Crippen LogP contribution < -0.4 is 5.56 Å². The molecule has 1 amide bonds. The molecule has 130 valence electrons. The van der Waals surface area contributed by atoms with Crippen molar-refractivity contribution in [3.8, 4) is 11.1 Å². The van der Waals surface area contributed by atoms with E-state index in [1.54, 1.807) is 23.0 Å². The van der Waals surface area contributed by atoms with Gasteiger partial charge in [0.15, 0.2) is 0 Å². The summed E-state index contributed by atoms with van der Waals surface area (Å²) >= 11 is 0. The van der Waals surface area contributed by atoms with E-state index in [2.05, 4.69) is 9.97 Å². The molecule has 7 nitrogen and oxygen atoms in total. The number of morpholine rings is 1. The zero-order valence-electron chi connectivity index (χ0n) is 14.0. The summed E-state index contributed by atoms with van der Waals surface area (Å²) in [6.45, 7) is 2.91. The van der Waals surface area contributed by atoms with E-state index in [0.29, 0.717) is 49.5 Å². The molecular formula is C18H20N4O3. The summed E-state index contributed by atoms with van der Waals surface area (Å²) in [4.78, 5) is 35.8. The van der Waals surface area contributed by atoms with Crippen LogP contribution in [-0.4, -0.2) is 51.6 Å². The van der Waals surface area contributed by atoms with Gasteiger partial charge in [-0.05, 0) is 19.3 Å². The Morgan fingerprint density at radius 2 is 1.84 bits per heavy atom. The number of hydrogen-bond donors (Lipinski definition) is 0. The fraction of sp³-hybridized carbons (Fsp3) is 0.444. The number of aromatic nitrogens is 3. The Hall–Kier alpha value is -2.54. The first-order valence-corrected chi connectivity index (χ1v) is 8.65. The standard InChI is InChI=1S/C18H20N4O3/c23-16-9-14(13-10-19-12-20-11-13)17(15-3-1-2-4-22(15)16)18(24)21-5-7-25-8-6-21/h9-12H,1-8H2. The highest BCUT2D eigenvalue weighted by Gasteiger charge is 2.28. The number of hydrogen-bond acceptors (Lipinski definition) is 5. The van der Waals surface area contributed by atoms with Crippen molar-refractivity contribution in [2.75, 3.05) is 26.3 Å². The van der Waals surface area contributed by atoms with Gasteiger partial charge in [-0.25, -0.2) is 9.97 Å². The highest BCUT2D eigenvalue weighted by Crippen LogP contribution is 2.28. The molecule has 1 saturated heterocycles. The van der Waals surface area contributed by atoms with E-state index < -0.39 is 0 Å². The third kappa shape index (κ3) is 2.95. The fourth-order valence-corrected chi connectivity index (χ4v) is 3.59. The molecule has 0 spiro atoms. The third-order valence-electron chi connectivity index (χ3n) is 4.85. The Bertz CT molecular complexity index is 841. The predicted molar refractivity (Wildman–Crippen MR) is 91.4 cm³/mol. The number of carbonyl (C=O) groups is 1. The molecular weight excluding hydrogens is 320 g/mol. The Morgan fingerprint density at radius 1 is 1.08 bits per heavy atom. The Labute approximate surface area is 145 Å². The molecule has 0 N–H and O–H groups in total. The van der Waals surface area contributed by atoms with Crippen LogP contribution in [0.4, 0.5) is 0 Å². The molecule has 4 rings (SSSR count). The van der Waals surface area contributed by atoms with E-state index in [1.165, 1.54) is 6.33 Å². The van der Waals surface area contributed by atoms with Gasteiger partial charge in [-0.3, -0.25) is 9.59 Å². The summed E-state index contributed by atoms with van der Waals surface area (Å²) in [6.07, 6.45) is 7.43. The minimum absolute atomic E-state index is 0.0344. The van der Waals surface area contributed by atoms with Gasteiger partial charge in [0.1, 0.15) is 6.33 Å². The summed E-state index contributed by atoms with van der Waals surface area (Å²) in [6, 6.07) is 1.56. The van der Waals surface area contributed by atoms with Gasteiger partial charge >= 0.3 is 0 Å². The minimum atomic E-state index is -0.0629. The number of pyridine rings is 1. The van der Waals surface area contributed by atoms with Crippen LogP contribution in [0, 0.1) is 0 Å².